The van der Waals surface area contributed by atoms with Crippen LogP contribution in [0.2, 0.25) is 0 Å². The summed E-state index contributed by atoms with van der Waals surface area (Å²) in [6, 6.07) is 0. The molecule has 0 radical (unpaired) electrons. The third-order valence-corrected chi connectivity index (χ3v) is 3.72. The fourth-order valence-electron chi connectivity index (χ4n) is 2.46. The summed E-state index contributed by atoms with van der Waals surface area (Å²) in [4.78, 5) is 11.9. The number of ether oxygens (including phenoxy) is 1. The predicted molar refractivity (Wildman–Crippen MR) is 87.3 cm³/mol. The fraction of sp³-hybridized carbons (Fsp3) is 0.750. The van der Waals surface area contributed by atoms with Crippen LogP contribution in [0.1, 0.15) is 50.9 Å². The van der Waals surface area contributed by atoms with E-state index in [-0.39, 0.29) is 0 Å². The van der Waals surface area contributed by atoms with Crippen molar-refractivity contribution in [3.05, 3.63) is 11.4 Å². The highest BCUT2D eigenvalue weighted by molar-refractivity contribution is 5.59. The Bertz CT molecular complexity index is 454. The SMILES string of the molecule is CCCNc1nc(C(C)C)nc(N2CCCOCC2)c1C. The van der Waals surface area contributed by atoms with Crippen molar-refractivity contribution in [1.29, 1.82) is 0 Å². The van der Waals surface area contributed by atoms with E-state index in [1.54, 1.807) is 0 Å². The number of nitrogens with one attached hydrogen (secondary N) is 1. The number of rotatable bonds is 5. The highest BCUT2D eigenvalue weighted by atomic mass is 16.5. The largest absolute Gasteiger partial charge is 0.380 e. The van der Waals surface area contributed by atoms with Gasteiger partial charge in [0.2, 0.25) is 0 Å². The Balaban J connectivity index is 2.34. The zero-order chi connectivity index (χ0) is 15.2. The van der Waals surface area contributed by atoms with Crippen LogP contribution >= 0.6 is 0 Å². The van der Waals surface area contributed by atoms with Gasteiger partial charge in [0.15, 0.2) is 0 Å². The number of hydrogen-bond donors (Lipinski definition) is 1. The maximum Gasteiger partial charge on any atom is 0.137 e. The van der Waals surface area contributed by atoms with Crippen molar-refractivity contribution in [2.45, 2.75) is 46.5 Å². The van der Waals surface area contributed by atoms with E-state index in [1.807, 2.05) is 0 Å². The van der Waals surface area contributed by atoms with Gasteiger partial charge in [-0.1, -0.05) is 20.8 Å². The minimum Gasteiger partial charge on any atom is -0.380 e. The van der Waals surface area contributed by atoms with Crippen LogP contribution in [-0.4, -0.2) is 42.8 Å². The molecule has 118 valence electrons. The summed E-state index contributed by atoms with van der Waals surface area (Å²) >= 11 is 0. The van der Waals surface area contributed by atoms with Crippen molar-refractivity contribution in [1.82, 2.24) is 9.97 Å². The zero-order valence-electron chi connectivity index (χ0n) is 13.8. The molecule has 0 aliphatic carbocycles. The van der Waals surface area contributed by atoms with Crippen LogP contribution in [0.15, 0.2) is 0 Å². The lowest BCUT2D eigenvalue weighted by Crippen LogP contribution is -2.28. The molecule has 0 spiro atoms. The molecule has 5 heteroatoms. The van der Waals surface area contributed by atoms with E-state index >= 15 is 0 Å². The lowest BCUT2D eigenvalue weighted by molar-refractivity contribution is 0.152. The molecule has 0 atom stereocenters. The van der Waals surface area contributed by atoms with Gasteiger partial charge in [0, 0.05) is 37.7 Å². The Labute approximate surface area is 128 Å². The van der Waals surface area contributed by atoms with Crippen LogP contribution in [0.25, 0.3) is 0 Å². The summed E-state index contributed by atoms with van der Waals surface area (Å²) in [5, 5.41) is 3.44. The highest BCUT2D eigenvalue weighted by Crippen LogP contribution is 2.26. The Morgan fingerprint density at radius 1 is 1.24 bits per heavy atom. The molecule has 0 amide bonds. The van der Waals surface area contributed by atoms with Crippen LogP contribution in [-0.2, 0) is 4.74 Å². The van der Waals surface area contributed by atoms with Gasteiger partial charge in [-0.3, -0.25) is 0 Å². The third-order valence-electron chi connectivity index (χ3n) is 3.72. The summed E-state index contributed by atoms with van der Waals surface area (Å²) < 4.78 is 5.56. The average Bonchev–Trinajstić information content (AvgIpc) is 2.75. The van der Waals surface area contributed by atoms with Gasteiger partial charge in [-0.2, -0.15) is 0 Å². The number of aromatic nitrogens is 2. The molecule has 0 saturated carbocycles. The van der Waals surface area contributed by atoms with E-state index in [0.717, 1.165) is 68.7 Å². The highest BCUT2D eigenvalue weighted by Gasteiger charge is 2.19. The second kappa shape index (κ2) is 7.59. The quantitative estimate of drug-likeness (QED) is 0.904. The molecule has 0 aromatic carbocycles. The van der Waals surface area contributed by atoms with Crippen molar-refractivity contribution in [3.63, 3.8) is 0 Å². The van der Waals surface area contributed by atoms with Crippen molar-refractivity contribution >= 4 is 11.6 Å². The molecule has 2 heterocycles. The third kappa shape index (κ3) is 4.06. The topological polar surface area (TPSA) is 50.3 Å². The summed E-state index contributed by atoms with van der Waals surface area (Å²) in [6.45, 7) is 13.0. The normalized spacial score (nSPS) is 16.1. The lowest BCUT2D eigenvalue weighted by Gasteiger charge is -2.25. The molecule has 1 aromatic heterocycles. The Morgan fingerprint density at radius 3 is 2.76 bits per heavy atom. The Kier molecular flexibility index (Phi) is 5.79. The molecule has 1 aromatic rings. The number of hydrogen-bond acceptors (Lipinski definition) is 5. The Hall–Kier alpha value is -1.36. The van der Waals surface area contributed by atoms with E-state index in [9.17, 15) is 0 Å². The first kappa shape index (κ1) is 16.0. The van der Waals surface area contributed by atoms with Gasteiger partial charge in [0.1, 0.15) is 17.5 Å². The van der Waals surface area contributed by atoms with Crippen LogP contribution in [0.5, 0.6) is 0 Å². The molecule has 21 heavy (non-hydrogen) atoms. The molecule has 1 aliphatic heterocycles. The van der Waals surface area contributed by atoms with E-state index < -0.39 is 0 Å². The molecular weight excluding hydrogens is 264 g/mol. The summed E-state index contributed by atoms with van der Waals surface area (Å²) in [6.07, 6.45) is 2.14. The summed E-state index contributed by atoms with van der Waals surface area (Å²) in [7, 11) is 0. The summed E-state index contributed by atoms with van der Waals surface area (Å²) in [5.41, 5.74) is 1.15. The second-order valence-corrected chi connectivity index (χ2v) is 5.91. The molecule has 1 saturated heterocycles. The van der Waals surface area contributed by atoms with Crippen molar-refractivity contribution in [2.24, 2.45) is 0 Å². The first-order chi connectivity index (χ1) is 10.1. The van der Waals surface area contributed by atoms with Gasteiger partial charge < -0.3 is 15.0 Å². The van der Waals surface area contributed by atoms with Crippen LogP contribution < -0.4 is 10.2 Å². The van der Waals surface area contributed by atoms with Crippen molar-refractivity contribution < 1.29 is 4.74 Å². The zero-order valence-corrected chi connectivity index (χ0v) is 13.8. The van der Waals surface area contributed by atoms with Crippen LogP contribution in [0.4, 0.5) is 11.6 Å². The molecule has 0 unspecified atom stereocenters. The minimum atomic E-state index is 0.328. The monoisotopic (exact) mass is 292 g/mol. The van der Waals surface area contributed by atoms with E-state index in [0.29, 0.717) is 5.92 Å². The van der Waals surface area contributed by atoms with Crippen LogP contribution in [0.3, 0.4) is 0 Å². The maximum absolute atomic E-state index is 5.56. The molecule has 1 N–H and O–H groups in total. The standard InChI is InChI=1S/C16H28N4O/c1-5-7-17-15-13(4)16(19-14(18-15)12(2)3)20-8-6-10-21-11-9-20/h12H,5-11H2,1-4H3,(H,17,18,19). The Morgan fingerprint density at radius 2 is 2.05 bits per heavy atom. The van der Waals surface area contributed by atoms with Gasteiger partial charge in [-0.25, -0.2) is 9.97 Å². The van der Waals surface area contributed by atoms with Crippen LogP contribution in [0, 0.1) is 6.92 Å². The molecule has 5 nitrogen and oxygen atoms in total. The average molecular weight is 292 g/mol. The van der Waals surface area contributed by atoms with Crippen molar-refractivity contribution in [3.8, 4) is 0 Å². The van der Waals surface area contributed by atoms with E-state index in [1.165, 1.54) is 0 Å². The molecular formula is C16H28N4O. The lowest BCUT2D eigenvalue weighted by atomic mass is 10.2. The fourth-order valence-corrected chi connectivity index (χ4v) is 2.46. The molecule has 1 aliphatic rings. The summed E-state index contributed by atoms with van der Waals surface area (Å²) in [5.74, 6) is 3.29. The van der Waals surface area contributed by atoms with Crippen molar-refractivity contribution in [2.75, 3.05) is 43.1 Å². The predicted octanol–water partition coefficient (Wildman–Crippen LogP) is 2.96. The number of anilines is 2. The second-order valence-electron chi connectivity index (χ2n) is 5.91. The van der Waals surface area contributed by atoms with Gasteiger partial charge in [-0.15, -0.1) is 0 Å². The first-order valence-corrected chi connectivity index (χ1v) is 8.08. The number of nitrogens with zero attached hydrogens (tertiary/aromatic N) is 3. The van der Waals surface area contributed by atoms with E-state index in [4.69, 9.17) is 14.7 Å². The molecule has 0 bridgehead atoms. The van der Waals surface area contributed by atoms with E-state index in [2.05, 4.69) is 37.9 Å². The smallest absolute Gasteiger partial charge is 0.137 e. The molecule has 1 fully saturated rings. The van der Waals surface area contributed by atoms with Gasteiger partial charge in [0.05, 0.1) is 6.61 Å². The van der Waals surface area contributed by atoms with Gasteiger partial charge in [-0.05, 0) is 19.8 Å². The first-order valence-electron chi connectivity index (χ1n) is 8.08. The molecule has 2 rings (SSSR count). The van der Waals surface area contributed by atoms with Gasteiger partial charge in [0.25, 0.3) is 0 Å². The minimum absolute atomic E-state index is 0.328. The van der Waals surface area contributed by atoms with Gasteiger partial charge >= 0.3 is 0 Å². The maximum atomic E-state index is 5.56.